The lowest BCUT2D eigenvalue weighted by atomic mass is 10.1. The van der Waals surface area contributed by atoms with Crippen LogP contribution in [-0.4, -0.2) is 31.6 Å². The Morgan fingerprint density at radius 3 is 2.41 bits per heavy atom. The molecule has 0 aliphatic carbocycles. The summed E-state index contributed by atoms with van der Waals surface area (Å²) in [5, 5.41) is 3.19. The molecule has 0 unspecified atom stereocenters. The number of benzene rings is 3. The summed E-state index contributed by atoms with van der Waals surface area (Å²) in [6, 6.07) is 21.4. The van der Waals surface area contributed by atoms with E-state index in [1.165, 1.54) is 0 Å². The Morgan fingerprint density at radius 1 is 0.862 bits per heavy atom. The molecule has 1 N–H and O–H groups in total. The summed E-state index contributed by atoms with van der Waals surface area (Å²) in [6.07, 6.45) is 0. The van der Waals surface area contributed by atoms with Gasteiger partial charge in [-0.05, 0) is 42.5 Å². The molecule has 3 aromatic carbocycles. The standard InChI is InChI=1S/C23H19NO5/c25-20(16-10-11-21-22(14-16)28-13-12-27-21)15-29-23(26)18-8-4-5-9-19(18)24-17-6-2-1-3-7-17/h1-11,14,24H,12-13,15H2. The minimum atomic E-state index is -0.574. The number of ketones is 1. The largest absolute Gasteiger partial charge is 0.486 e. The smallest absolute Gasteiger partial charge is 0.340 e. The molecule has 146 valence electrons. The predicted molar refractivity (Wildman–Crippen MR) is 108 cm³/mol. The fourth-order valence-electron chi connectivity index (χ4n) is 2.96. The van der Waals surface area contributed by atoms with Crippen molar-refractivity contribution in [3.8, 4) is 11.5 Å². The van der Waals surface area contributed by atoms with Crippen LogP contribution in [0, 0.1) is 0 Å². The lowest BCUT2D eigenvalue weighted by molar-refractivity contribution is 0.0475. The Balaban J connectivity index is 1.43. The number of ether oxygens (including phenoxy) is 3. The molecule has 0 saturated heterocycles. The van der Waals surface area contributed by atoms with Crippen molar-refractivity contribution in [3.63, 3.8) is 0 Å². The van der Waals surface area contributed by atoms with Crippen LogP contribution in [-0.2, 0) is 4.74 Å². The maximum atomic E-state index is 12.6. The van der Waals surface area contributed by atoms with Crippen LogP contribution in [0.15, 0.2) is 72.8 Å². The fourth-order valence-corrected chi connectivity index (χ4v) is 2.96. The van der Waals surface area contributed by atoms with Crippen molar-refractivity contribution in [1.82, 2.24) is 0 Å². The van der Waals surface area contributed by atoms with Crippen LogP contribution in [0.1, 0.15) is 20.7 Å². The highest BCUT2D eigenvalue weighted by atomic mass is 16.6. The predicted octanol–water partition coefficient (Wildman–Crippen LogP) is 4.24. The molecular weight excluding hydrogens is 370 g/mol. The van der Waals surface area contributed by atoms with E-state index >= 15 is 0 Å². The van der Waals surface area contributed by atoms with Gasteiger partial charge in [-0.15, -0.1) is 0 Å². The second-order valence-corrected chi connectivity index (χ2v) is 6.39. The van der Waals surface area contributed by atoms with Gasteiger partial charge in [0.05, 0.1) is 11.3 Å². The maximum absolute atomic E-state index is 12.6. The molecular formula is C23H19NO5. The topological polar surface area (TPSA) is 73.9 Å². The van der Waals surface area contributed by atoms with E-state index in [2.05, 4.69) is 5.32 Å². The molecule has 1 aliphatic rings. The Morgan fingerprint density at radius 2 is 1.59 bits per heavy atom. The third kappa shape index (κ3) is 4.38. The number of rotatable bonds is 6. The number of carbonyl (C=O) groups excluding carboxylic acids is 2. The summed E-state index contributed by atoms with van der Waals surface area (Å²) in [5.74, 6) is 0.232. The van der Waals surface area contributed by atoms with Crippen molar-refractivity contribution in [1.29, 1.82) is 0 Å². The van der Waals surface area contributed by atoms with Gasteiger partial charge < -0.3 is 19.5 Å². The van der Waals surface area contributed by atoms with Gasteiger partial charge in [-0.1, -0.05) is 30.3 Å². The first-order valence-electron chi connectivity index (χ1n) is 9.22. The highest BCUT2D eigenvalue weighted by Gasteiger charge is 2.18. The van der Waals surface area contributed by atoms with E-state index in [-0.39, 0.29) is 12.4 Å². The van der Waals surface area contributed by atoms with Crippen LogP contribution in [0.4, 0.5) is 11.4 Å². The van der Waals surface area contributed by atoms with Crippen LogP contribution in [0.2, 0.25) is 0 Å². The van der Waals surface area contributed by atoms with E-state index in [1.54, 1.807) is 36.4 Å². The second kappa shape index (κ2) is 8.48. The molecule has 4 rings (SSSR count). The molecule has 3 aromatic rings. The van der Waals surface area contributed by atoms with E-state index < -0.39 is 5.97 Å². The molecule has 6 heteroatoms. The second-order valence-electron chi connectivity index (χ2n) is 6.39. The summed E-state index contributed by atoms with van der Waals surface area (Å²) < 4.78 is 16.2. The molecule has 0 radical (unpaired) electrons. The highest BCUT2D eigenvalue weighted by molar-refractivity contribution is 6.01. The van der Waals surface area contributed by atoms with Gasteiger partial charge in [-0.3, -0.25) is 4.79 Å². The van der Waals surface area contributed by atoms with Gasteiger partial charge in [-0.25, -0.2) is 4.79 Å². The Hall–Kier alpha value is -3.80. The normalized spacial score (nSPS) is 12.1. The number of carbonyl (C=O) groups is 2. The third-order valence-electron chi connectivity index (χ3n) is 4.40. The number of hydrogen-bond acceptors (Lipinski definition) is 6. The van der Waals surface area contributed by atoms with Crippen LogP contribution < -0.4 is 14.8 Å². The molecule has 0 spiro atoms. The average Bonchev–Trinajstić information content (AvgIpc) is 2.78. The van der Waals surface area contributed by atoms with Gasteiger partial charge in [0.25, 0.3) is 0 Å². The van der Waals surface area contributed by atoms with Crippen molar-refractivity contribution < 1.29 is 23.8 Å². The van der Waals surface area contributed by atoms with Crippen LogP contribution in [0.3, 0.4) is 0 Å². The quantitative estimate of drug-likeness (QED) is 0.502. The number of anilines is 2. The van der Waals surface area contributed by atoms with Gasteiger partial charge in [0, 0.05) is 11.3 Å². The minimum Gasteiger partial charge on any atom is -0.486 e. The molecule has 6 nitrogen and oxygen atoms in total. The van der Waals surface area contributed by atoms with Crippen LogP contribution in [0.25, 0.3) is 0 Å². The molecule has 29 heavy (non-hydrogen) atoms. The van der Waals surface area contributed by atoms with E-state index in [0.717, 1.165) is 5.69 Å². The van der Waals surface area contributed by atoms with Gasteiger partial charge >= 0.3 is 5.97 Å². The number of esters is 1. The van der Waals surface area contributed by atoms with Gasteiger partial charge in [0.2, 0.25) is 0 Å². The molecule has 0 amide bonds. The Bertz CT molecular complexity index is 1030. The summed E-state index contributed by atoms with van der Waals surface area (Å²) in [5.41, 5.74) is 2.21. The zero-order valence-electron chi connectivity index (χ0n) is 15.6. The first kappa shape index (κ1) is 18.6. The van der Waals surface area contributed by atoms with Gasteiger partial charge in [-0.2, -0.15) is 0 Å². The van der Waals surface area contributed by atoms with Crippen molar-refractivity contribution in [2.45, 2.75) is 0 Å². The lowest BCUT2D eigenvalue weighted by Crippen LogP contribution is -2.17. The van der Waals surface area contributed by atoms with Crippen LogP contribution >= 0.6 is 0 Å². The molecule has 1 aliphatic heterocycles. The monoisotopic (exact) mass is 389 g/mol. The van der Waals surface area contributed by atoms with Crippen molar-refractivity contribution in [2.75, 3.05) is 25.1 Å². The summed E-state index contributed by atoms with van der Waals surface area (Å²) >= 11 is 0. The zero-order chi connectivity index (χ0) is 20.1. The number of fused-ring (bicyclic) bond motifs is 1. The minimum absolute atomic E-state index is 0.316. The molecule has 0 atom stereocenters. The van der Waals surface area contributed by atoms with E-state index in [0.29, 0.717) is 41.5 Å². The molecule has 0 bridgehead atoms. The summed E-state index contributed by atoms with van der Waals surface area (Å²) in [7, 11) is 0. The van der Waals surface area contributed by atoms with E-state index in [1.807, 2.05) is 36.4 Å². The SMILES string of the molecule is O=C(COC(=O)c1ccccc1Nc1ccccc1)c1ccc2c(c1)OCCO2. The summed E-state index contributed by atoms with van der Waals surface area (Å²) in [4.78, 5) is 25.0. The molecule has 0 aromatic heterocycles. The fraction of sp³-hybridized carbons (Fsp3) is 0.130. The van der Waals surface area contributed by atoms with E-state index in [4.69, 9.17) is 14.2 Å². The average molecular weight is 389 g/mol. The third-order valence-corrected chi connectivity index (χ3v) is 4.40. The van der Waals surface area contributed by atoms with Crippen molar-refractivity contribution >= 4 is 23.1 Å². The number of nitrogens with one attached hydrogen (secondary N) is 1. The van der Waals surface area contributed by atoms with Crippen molar-refractivity contribution in [3.05, 3.63) is 83.9 Å². The van der Waals surface area contributed by atoms with Crippen molar-refractivity contribution in [2.24, 2.45) is 0 Å². The number of hydrogen-bond donors (Lipinski definition) is 1. The number of para-hydroxylation sites is 2. The highest BCUT2D eigenvalue weighted by Crippen LogP contribution is 2.31. The van der Waals surface area contributed by atoms with Gasteiger partial charge in [0.15, 0.2) is 23.9 Å². The summed E-state index contributed by atoms with van der Waals surface area (Å²) in [6.45, 7) is 0.553. The molecule has 0 fully saturated rings. The first-order valence-corrected chi connectivity index (χ1v) is 9.22. The molecule has 1 heterocycles. The molecule has 0 saturated carbocycles. The van der Waals surface area contributed by atoms with E-state index in [9.17, 15) is 9.59 Å². The Kier molecular flexibility index (Phi) is 5.42. The van der Waals surface area contributed by atoms with Gasteiger partial charge in [0.1, 0.15) is 13.2 Å². The zero-order valence-corrected chi connectivity index (χ0v) is 15.6. The first-order chi connectivity index (χ1) is 14.2. The van der Waals surface area contributed by atoms with Crippen LogP contribution in [0.5, 0.6) is 11.5 Å². The number of Topliss-reactive ketones (excluding diaryl/α,β-unsaturated/α-hetero) is 1. The Labute approximate surface area is 168 Å². The lowest BCUT2D eigenvalue weighted by Gasteiger charge is -2.18. The maximum Gasteiger partial charge on any atom is 0.340 e.